The molecule has 1 atom stereocenters. The molecule has 1 N–H and O–H groups in total. The minimum absolute atomic E-state index is 0.478. The van der Waals surface area contributed by atoms with Gasteiger partial charge in [-0.3, -0.25) is 9.58 Å². The number of aromatic nitrogens is 5. The third kappa shape index (κ3) is 3.79. The van der Waals surface area contributed by atoms with Gasteiger partial charge in [0.2, 0.25) is 0 Å². The molecule has 7 heteroatoms. The molecule has 23 heavy (non-hydrogen) atoms. The number of nitrogens with zero attached hydrogens (tertiary/aromatic N) is 6. The average Bonchev–Trinajstić information content (AvgIpc) is 3.25. The smallest absolute Gasteiger partial charge is 0.0981 e. The van der Waals surface area contributed by atoms with Gasteiger partial charge < -0.3 is 5.11 Å². The number of likely N-dealkylation sites (tertiary alicyclic amines) is 1. The molecule has 3 heterocycles. The first-order valence-corrected chi connectivity index (χ1v) is 8.45. The molecule has 0 bridgehead atoms. The molecule has 3 rings (SSSR count). The van der Waals surface area contributed by atoms with Gasteiger partial charge in [0.25, 0.3) is 0 Å². The molecule has 1 aliphatic heterocycles. The van der Waals surface area contributed by atoms with Crippen molar-refractivity contribution in [1.29, 1.82) is 0 Å². The zero-order valence-electron chi connectivity index (χ0n) is 14.0. The van der Waals surface area contributed by atoms with Gasteiger partial charge in [-0.25, -0.2) is 4.68 Å². The molecule has 2 aromatic heterocycles. The Morgan fingerprint density at radius 1 is 1.30 bits per heavy atom. The summed E-state index contributed by atoms with van der Waals surface area (Å²) in [5.74, 6) is 0. The van der Waals surface area contributed by atoms with E-state index in [0.29, 0.717) is 19.1 Å². The van der Waals surface area contributed by atoms with Crippen molar-refractivity contribution in [3.05, 3.63) is 30.4 Å². The van der Waals surface area contributed by atoms with Gasteiger partial charge in [0.15, 0.2) is 0 Å². The molecule has 1 aliphatic rings. The van der Waals surface area contributed by atoms with Crippen molar-refractivity contribution in [3.8, 4) is 0 Å². The lowest BCUT2D eigenvalue weighted by molar-refractivity contribution is 0.0273. The van der Waals surface area contributed by atoms with Gasteiger partial charge in [-0.05, 0) is 25.3 Å². The van der Waals surface area contributed by atoms with E-state index in [4.69, 9.17) is 5.10 Å². The molecule has 0 saturated carbocycles. The second-order valence-corrected chi connectivity index (χ2v) is 6.54. The second-order valence-electron chi connectivity index (χ2n) is 6.54. The van der Waals surface area contributed by atoms with E-state index in [-0.39, 0.29) is 0 Å². The Balaban J connectivity index is 1.57. The zero-order chi connectivity index (χ0) is 16.3. The summed E-state index contributed by atoms with van der Waals surface area (Å²) in [4.78, 5) is 2.26. The molecule has 126 valence electrons. The van der Waals surface area contributed by atoms with Crippen LogP contribution in [0.15, 0.2) is 24.7 Å². The second kappa shape index (κ2) is 6.80. The maximum Gasteiger partial charge on any atom is 0.0981 e. The Labute approximate surface area is 136 Å². The SMILES string of the molecule is CCC(CC)n1ccc(CN2CCC(O)(Cn3ccnn3)C2)n1. The van der Waals surface area contributed by atoms with Crippen LogP contribution in [0.2, 0.25) is 0 Å². The Bertz CT molecular complexity index is 606. The summed E-state index contributed by atoms with van der Waals surface area (Å²) in [5.41, 5.74) is 0.341. The van der Waals surface area contributed by atoms with Crippen LogP contribution in [0.3, 0.4) is 0 Å². The van der Waals surface area contributed by atoms with Crippen LogP contribution in [0, 0.1) is 0 Å². The maximum absolute atomic E-state index is 10.7. The first kappa shape index (κ1) is 16.1. The van der Waals surface area contributed by atoms with E-state index in [0.717, 1.165) is 38.0 Å². The Kier molecular flexibility index (Phi) is 4.77. The highest BCUT2D eigenvalue weighted by atomic mass is 16.3. The minimum atomic E-state index is -0.731. The summed E-state index contributed by atoms with van der Waals surface area (Å²) in [6.45, 7) is 7.19. The Morgan fingerprint density at radius 2 is 2.13 bits per heavy atom. The van der Waals surface area contributed by atoms with Crippen molar-refractivity contribution in [1.82, 2.24) is 29.7 Å². The van der Waals surface area contributed by atoms with Crippen molar-refractivity contribution in [2.24, 2.45) is 0 Å². The first-order chi connectivity index (χ1) is 11.1. The van der Waals surface area contributed by atoms with E-state index < -0.39 is 5.60 Å². The van der Waals surface area contributed by atoms with Crippen molar-refractivity contribution >= 4 is 0 Å². The van der Waals surface area contributed by atoms with Crippen molar-refractivity contribution in [2.45, 2.75) is 57.8 Å². The van der Waals surface area contributed by atoms with Crippen LogP contribution in [0.5, 0.6) is 0 Å². The van der Waals surface area contributed by atoms with Crippen molar-refractivity contribution in [3.63, 3.8) is 0 Å². The van der Waals surface area contributed by atoms with Gasteiger partial charge in [-0.15, -0.1) is 5.10 Å². The van der Waals surface area contributed by atoms with E-state index >= 15 is 0 Å². The summed E-state index contributed by atoms with van der Waals surface area (Å²) in [7, 11) is 0. The van der Waals surface area contributed by atoms with Gasteiger partial charge in [0.05, 0.1) is 30.1 Å². The molecular weight excluding hydrogens is 292 g/mol. The maximum atomic E-state index is 10.7. The molecule has 0 spiro atoms. The Hall–Kier alpha value is -1.73. The molecule has 0 radical (unpaired) electrons. The van der Waals surface area contributed by atoms with Crippen molar-refractivity contribution in [2.75, 3.05) is 13.1 Å². The Morgan fingerprint density at radius 3 is 2.83 bits per heavy atom. The molecule has 1 saturated heterocycles. The molecule has 7 nitrogen and oxygen atoms in total. The molecule has 0 amide bonds. The quantitative estimate of drug-likeness (QED) is 0.837. The van der Waals surface area contributed by atoms with E-state index in [9.17, 15) is 5.11 Å². The van der Waals surface area contributed by atoms with Crippen LogP contribution < -0.4 is 0 Å². The van der Waals surface area contributed by atoms with Crippen LogP contribution in [0.4, 0.5) is 0 Å². The van der Waals surface area contributed by atoms with Crippen LogP contribution in [0.25, 0.3) is 0 Å². The number of hydrogen-bond acceptors (Lipinski definition) is 5. The van der Waals surface area contributed by atoms with Gasteiger partial charge >= 0.3 is 0 Å². The lowest BCUT2D eigenvalue weighted by atomic mass is 10.0. The molecule has 0 aromatic carbocycles. The third-order valence-corrected chi connectivity index (χ3v) is 4.71. The standard InChI is InChI=1S/C16H26N6O/c1-3-15(4-2)22-8-5-14(18-22)11-20-9-6-16(23,12-20)13-21-10-7-17-19-21/h5,7-8,10,15,23H,3-4,6,9,11-13H2,1-2H3. The largest absolute Gasteiger partial charge is 0.387 e. The molecular formula is C16H26N6O. The van der Waals surface area contributed by atoms with Crippen LogP contribution in [-0.2, 0) is 13.1 Å². The fourth-order valence-electron chi connectivity index (χ4n) is 3.38. The minimum Gasteiger partial charge on any atom is -0.387 e. The van der Waals surface area contributed by atoms with Gasteiger partial charge in [-0.1, -0.05) is 19.1 Å². The zero-order valence-corrected chi connectivity index (χ0v) is 14.0. The highest BCUT2D eigenvalue weighted by molar-refractivity contribution is 5.02. The lowest BCUT2D eigenvalue weighted by Crippen LogP contribution is -2.37. The van der Waals surface area contributed by atoms with Gasteiger partial charge in [0, 0.05) is 32.0 Å². The fraction of sp³-hybridized carbons (Fsp3) is 0.688. The van der Waals surface area contributed by atoms with Crippen molar-refractivity contribution < 1.29 is 5.11 Å². The summed E-state index contributed by atoms with van der Waals surface area (Å²) in [6.07, 6.45) is 8.45. The predicted molar refractivity (Wildman–Crippen MR) is 86.7 cm³/mol. The van der Waals surface area contributed by atoms with Crippen LogP contribution in [-0.4, -0.2) is 53.5 Å². The third-order valence-electron chi connectivity index (χ3n) is 4.71. The van der Waals surface area contributed by atoms with Crippen LogP contribution in [0.1, 0.15) is 44.8 Å². The number of hydrogen-bond donors (Lipinski definition) is 1. The van der Waals surface area contributed by atoms with E-state index in [1.54, 1.807) is 17.1 Å². The topological polar surface area (TPSA) is 72.0 Å². The molecule has 1 fully saturated rings. The van der Waals surface area contributed by atoms with E-state index in [2.05, 4.69) is 46.0 Å². The molecule has 0 aliphatic carbocycles. The molecule has 2 aromatic rings. The fourth-order valence-corrected chi connectivity index (χ4v) is 3.38. The number of β-amino-alcohol motifs (C(OH)–C–C–N with tert-alkyl or cyclic N) is 1. The summed E-state index contributed by atoms with van der Waals surface area (Å²) in [6, 6.07) is 2.57. The average molecular weight is 318 g/mol. The molecule has 1 unspecified atom stereocenters. The van der Waals surface area contributed by atoms with E-state index in [1.807, 2.05) is 0 Å². The highest BCUT2D eigenvalue weighted by Crippen LogP contribution is 2.24. The van der Waals surface area contributed by atoms with Gasteiger partial charge in [0.1, 0.15) is 0 Å². The number of rotatable bonds is 7. The first-order valence-electron chi connectivity index (χ1n) is 8.45. The van der Waals surface area contributed by atoms with E-state index in [1.165, 1.54) is 0 Å². The summed E-state index contributed by atoms with van der Waals surface area (Å²) < 4.78 is 3.78. The highest BCUT2D eigenvalue weighted by Gasteiger charge is 2.36. The number of aliphatic hydroxyl groups is 1. The monoisotopic (exact) mass is 318 g/mol. The predicted octanol–water partition coefficient (Wildman–Crippen LogP) is 1.47. The van der Waals surface area contributed by atoms with Gasteiger partial charge in [-0.2, -0.15) is 5.10 Å². The van der Waals surface area contributed by atoms with Crippen LogP contribution >= 0.6 is 0 Å². The lowest BCUT2D eigenvalue weighted by Gasteiger charge is -2.22. The normalized spacial score (nSPS) is 22.3. The summed E-state index contributed by atoms with van der Waals surface area (Å²) >= 11 is 0. The summed E-state index contributed by atoms with van der Waals surface area (Å²) in [5, 5.41) is 23.2.